The number of nitrogens with one attached hydrogen (secondary N) is 1. The van der Waals surface area contributed by atoms with Crippen LogP contribution in [-0.4, -0.2) is 45.8 Å². The van der Waals surface area contributed by atoms with Crippen LogP contribution in [0.1, 0.15) is 43.5 Å². The molecule has 0 aromatic carbocycles. The summed E-state index contributed by atoms with van der Waals surface area (Å²) in [4.78, 5) is 11.1. The van der Waals surface area contributed by atoms with Crippen LogP contribution in [-0.2, 0) is 20.0 Å². The lowest BCUT2D eigenvalue weighted by Gasteiger charge is -2.22. The van der Waals surface area contributed by atoms with Crippen LogP contribution in [0, 0.1) is 0 Å². The lowest BCUT2D eigenvalue weighted by atomic mass is 10.1. The van der Waals surface area contributed by atoms with Crippen molar-refractivity contribution in [2.75, 3.05) is 20.1 Å². The smallest absolute Gasteiger partial charge is 0.193 e. The van der Waals surface area contributed by atoms with Gasteiger partial charge in [-0.2, -0.15) is 5.10 Å². The second-order valence-corrected chi connectivity index (χ2v) is 6.57. The van der Waals surface area contributed by atoms with Crippen molar-refractivity contribution < 1.29 is 0 Å². The fourth-order valence-electron chi connectivity index (χ4n) is 2.80. The number of nitrogens with zero attached hydrogens (tertiary/aromatic N) is 5. The summed E-state index contributed by atoms with van der Waals surface area (Å²) < 4.78 is 1.89. The number of pyridine rings is 1. The zero-order valence-corrected chi connectivity index (χ0v) is 16.0. The van der Waals surface area contributed by atoms with E-state index in [1.165, 1.54) is 11.1 Å². The van der Waals surface area contributed by atoms with Crippen molar-refractivity contribution in [1.82, 2.24) is 25.0 Å². The molecule has 1 N–H and O–H groups in total. The van der Waals surface area contributed by atoms with Gasteiger partial charge in [0.25, 0.3) is 0 Å². The maximum Gasteiger partial charge on any atom is 0.193 e. The Morgan fingerprint density at radius 2 is 2.20 bits per heavy atom. The molecule has 2 aromatic rings. The molecule has 6 heteroatoms. The summed E-state index contributed by atoms with van der Waals surface area (Å²) in [5.41, 5.74) is 3.61. The van der Waals surface area contributed by atoms with E-state index in [1.54, 1.807) is 6.20 Å². The van der Waals surface area contributed by atoms with Crippen molar-refractivity contribution in [2.45, 2.75) is 39.7 Å². The number of aryl methyl sites for hydroxylation is 1. The maximum absolute atomic E-state index is 4.76. The van der Waals surface area contributed by atoms with E-state index in [1.807, 2.05) is 24.0 Å². The highest BCUT2D eigenvalue weighted by molar-refractivity contribution is 5.79. The van der Waals surface area contributed by atoms with Crippen LogP contribution in [0.4, 0.5) is 0 Å². The summed E-state index contributed by atoms with van der Waals surface area (Å²) in [5, 5.41) is 7.97. The standard InChI is InChI=1S/C19H30N6/c1-6-21-19(22-11-9-16-8-7-10-20-12-16)24(4)13-17-14-25(5)23-18(17)15(2)3/h7-8,10,12,14-15H,6,9,11,13H2,1-5H3,(H,21,22). The van der Waals surface area contributed by atoms with E-state index in [0.29, 0.717) is 5.92 Å². The van der Waals surface area contributed by atoms with Crippen LogP contribution in [0.2, 0.25) is 0 Å². The first-order chi connectivity index (χ1) is 12.0. The highest BCUT2D eigenvalue weighted by Crippen LogP contribution is 2.18. The van der Waals surface area contributed by atoms with E-state index < -0.39 is 0 Å². The first-order valence-electron chi connectivity index (χ1n) is 8.92. The van der Waals surface area contributed by atoms with E-state index in [9.17, 15) is 0 Å². The zero-order valence-electron chi connectivity index (χ0n) is 16.0. The van der Waals surface area contributed by atoms with Crippen LogP contribution >= 0.6 is 0 Å². The summed E-state index contributed by atoms with van der Waals surface area (Å²) in [6.07, 6.45) is 6.69. The van der Waals surface area contributed by atoms with Crippen molar-refractivity contribution in [3.63, 3.8) is 0 Å². The van der Waals surface area contributed by atoms with E-state index in [4.69, 9.17) is 4.99 Å². The molecule has 6 nitrogen and oxygen atoms in total. The monoisotopic (exact) mass is 342 g/mol. The van der Waals surface area contributed by atoms with Gasteiger partial charge >= 0.3 is 0 Å². The molecule has 0 aliphatic rings. The Balaban J connectivity index is 2.04. The Bertz CT molecular complexity index is 674. The Kier molecular flexibility index (Phi) is 6.98. The minimum Gasteiger partial charge on any atom is -0.357 e. The van der Waals surface area contributed by atoms with Gasteiger partial charge < -0.3 is 10.2 Å². The quantitative estimate of drug-likeness (QED) is 0.621. The average Bonchev–Trinajstić information content (AvgIpc) is 2.95. The van der Waals surface area contributed by atoms with Crippen LogP contribution in [0.5, 0.6) is 0 Å². The van der Waals surface area contributed by atoms with Crippen LogP contribution in [0.3, 0.4) is 0 Å². The van der Waals surface area contributed by atoms with Gasteiger partial charge in [-0.1, -0.05) is 19.9 Å². The van der Waals surface area contributed by atoms with E-state index in [2.05, 4.69) is 60.4 Å². The van der Waals surface area contributed by atoms with Crippen molar-refractivity contribution in [1.29, 1.82) is 0 Å². The van der Waals surface area contributed by atoms with Crippen molar-refractivity contribution in [3.05, 3.63) is 47.5 Å². The Morgan fingerprint density at radius 1 is 1.40 bits per heavy atom. The molecule has 0 radical (unpaired) electrons. The number of guanidine groups is 1. The van der Waals surface area contributed by atoms with Crippen molar-refractivity contribution >= 4 is 5.96 Å². The SMILES string of the molecule is CCNC(=NCCc1cccnc1)N(C)Cc1cn(C)nc1C(C)C. The molecule has 0 unspecified atom stereocenters. The lowest BCUT2D eigenvalue weighted by molar-refractivity contribution is 0.473. The average molecular weight is 342 g/mol. The van der Waals surface area contributed by atoms with Gasteiger partial charge in [0, 0.05) is 57.9 Å². The van der Waals surface area contributed by atoms with E-state index in [0.717, 1.165) is 37.7 Å². The molecule has 25 heavy (non-hydrogen) atoms. The second kappa shape index (κ2) is 9.20. The molecule has 2 heterocycles. The first kappa shape index (κ1) is 19.0. The minimum absolute atomic E-state index is 0.412. The van der Waals surface area contributed by atoms with Gasteiger partial charge in [-0.05, 0) is 30.9 Å². The van der Waals surface area contributed by atoms with Crippen LogP contribution in [0.15, 0.2) is 35.7 Å². The van der Waals surface area contributed by atoms with Gasteiger partial charge in [0.1, 0.15) is 0 Å². The van der Waals surface area contributed by atoms with Crippen molar-refractivity contribution in [3.8, 4) is 0 Å². The number of aliphatic imine (C=N–C) groups is 1. The largest absolute Gasteiger partial charge is 0.357 e. The molecule has 0 aliphatic carbocycles. The predicted molar refractivity (Wildman–Crippen MR) is 103 cm³/mol. The molecule has 0 aliphatic heterocycles. The summed E-state index contributed by atoms with van der Waals surface area (Å²) >= 11 is 0. The molecular weight excluding hydrogens is 312 g/mol. The highest BCUT2D eigenvalue weighted by atomic mass is 15.3. The molecule has 0 atom stereocenters. The molecular formula is C19H30N6. The van der Waals surface area contributed by atoms with Crippen molar-refractivity contribution in [2.24, 2.45) is 12.0 Å². The molecule has 0 fully saturated rings. The number of hydrogen-bond donors (Lipinski definition) is 1. The molecule has 2 rings (SSSR count). The zero-order chi connectivity index (χ0) is 18.2. The third kappa shape index (κ3) is 5.59. The van der Waals surface area contributed by atoms with Gasteiger partial charge in [0.15, 0.2) is 5.96 Å². The van der Waals surface area contributed by atoms with Crippen LogP contribution in [0.25, 0.3) is 0 Å². The molecule has 0 saturated heterocycles. The second-order valence-electron chi connectivity index (χ2n) is 6.57. The van der Waals surface area contributed by atoms with Crippen LogP contribution < -0.4 is 5.32 Å². The number of aromatic nitrogens is 3. The van der Waals surface area contributed by atoms with Gasteiger partial charge in [-0.15, -0.1) is 0 Å². The van der Waals surface area contributed by atoms with Gasteiger partial charge in [0.05, 0.1) is 5.69 Å². The maximum atomic E-state index is 4.76. The highest BCUT2D eigenvalue weighted by Gasteiger charge is 2.15. The summed E-state index contributed by atoms with van der Waals surface area (Å²) in [7, 11) is 4.05. The summed E-state index contributed by atoms with van der Waals surface area (Å²) in [6.45, 7) is 8.83. The summed E-state index contributed by atoms with van der Waals surface area (Å²) in [5.74, 6) is 1.33. The Labute approximate surface area is 151 Å². The van der Waals surface area contributed by atoms with E-state index in [-0.39, 0.29) is 0 Å². The minimum atomic E-state index is 0.412. The molecule has 0 bridgehead atoms. The number of hydrogen-bond acceptors (Lipinski definition) is 3. The molecule has 2 aromatic heterocycles. The van der Waals surface area contributed by atoms with E-state index >= 15 is 0 Å². The fraction of sp³-hybridized carbons (Fsp3) is 0.526. The predicted octanol–water partition coefficient (Wildman–Crippen LogP) is 2.58. The lowest BCUT2D eigenvalue weighted by Crippen LogP contribution is -2.38. The molecule has 0 saturated carbocycles. The Hall–Kier alpha value is -2.37. The molecule has 0 spiro atoms. The molecule has 136 valence electrons. The third-order valence-corrected chi connectivity index (χ3v) is 3.97. The molecule has 0 amide bonds. The van der Waals surface area contributed by atoms with Gasteiger partial charge in [0.2, 0.25) is 0 Å². The topological polar surface area (TPSA) is 58.3 Å². The first-order valence-corrected chi connectivity index (χ1v) is 8.92. The number of rotatable bonds is 7. The van der Waals surface area contributed by atoms with Gasteiger partial charge in [-0.25, -0.2) is 0 Å². The normalized spacial score (nSPS) is 11.8. The third-order valence-electron chi connectivity index (χ3n) is 3.97. The van der Waals surface area contributed by atoms with Gasteiger partial charge in [-0.3, -0.25) is 14.7 Å². The fourth-order valence-corrected chi connectivity index (χ4v) is 2.80. The Morgan fingerprint density at radius 3 is 2.84 bits per heavy atom. The summed E-state index contributed by atoms with van der Waals surface area (Å²) in [6, 6.07) is 4.05.